The van der Waals surface area contributed by atoms with E-state index in [-0.39, 0.29) is 30.2 Å². The third kappa shape index (κ3) is 4.12. The molecule has 2 rings (SSSR count). The van der Waals surface area contributed by atoms with E-state index in [1.54, 1.807) is 0 Å². The molecule has 0 saturated heterocycles. The molecule has 0 aliphatic carbocycles. The van der Waals surface area contributed by atoms with Gasteiger partial charge in [-0.1, -0.05) is 30.3 Å². The van der Waals surface area contributed by atoms with Crippen LogP contribution in [0.4, 0.5) is 4.39 Å². The van der Waals surface area contributed by atoms with Crippen LogP contribution in [0.5, 0.6) is 0 Å². The Bertz CT molecular complexity index is 588. The van der Waals surface area contributed by atoms with E-state index >= 15 is 0 Å². The fourth-order valence-electron chi connectivity index (χ4n) is 1.94. The van der Waals surface area contributed by atoms with Crippen LogP contribution in [-0.2, 0) is 11.2 Å². The second-order valence-corrected chi connectivity index (χ2v) is 4.63. The lowest BCUT2D eigenvalue weighted by Crippen LogP contribution is -2.07. The van der Waals surface area contributed by atoms with Crippen molar-refractivity contribution < 1.29 is 14.0 Å². The maximum atomic E-state index is 12.7. The topological polar surface area (TPSA) is 34.1 Å². The van der Waals surface area contributed by atoms with Crippen LogP contribution in [0.25, 0.3) is 0 Å². The van der Waals surface area contributed by atoms with E-state index in [0.29, 0.717) is 12.0 Å². The van der Waals surface area contributed by atoms with Crippen molar-refractivity contribution in [2.75, 3.05) is 0 Å². The molecule has 2 aromatic carbocycles. The van der Waals surface area contributed by atoms with Gasteiger partial charge >= 0.3 is 0 Å². The molecule has 2 aromatic rings. The van der Waals surface area contributed by atoms with Crippen LogP contribution in [0.1, 0.15) is 28.8 Å². The van der Waals surface area contributed by atoms with Crippen molar-refractivity contribution in [3.63, 3.8) is 0 Å². The maximum absolute atomic E-state index is 12.7. The average Bonchev–Trinajstić information content (AvgIpc) is 2.46. The number of Topliss-reactive ketones (excluding diaryl/α,β-unsaturated/α-hetero) is 2. The Morgan fingerprint density at radius 1 is 0.850 bits per heavy atom. The molecule has 0 aliphatic heterocycles. The lowest BCUT2D eigenvalue weighted by Gasteiger charge is -2.02. The van der Waals surface area contributed by atoms with Gasteiger partial charge < -0.3 is 0 Å². The highest BCUT2D eigenvalue weighted by atomic mass is 19.1. The lowest BCUT2D eigenvalue weighted by atomic mass is 10.0. The number of carbonyl (C=O) groups excluding carboxylic acids is 2. The molecule has 0 amide bonds. The van der Waals surface area contributed by atoms with Gasteiger partial charge in [0, 0.05) is 24.8 Å². The zero-order valence-electron chi connectivity index (χ0n) is 11.0. The lowest BCUT2D eigenvalue weighted by molar-refractivity contribution is -0.118. The SMILES string of the molecule is O=C(CCC(=O)c1ccc(F)cc1)Cc1ccccc1. The van der Waals surface area contributed by atoms with E-state index in [0.717, 1.165) is 5.56 Å². The summed E-state index contributed by atoms with van der Waals surface area (Å²) in [5.74, 6) is -0.472. The molecule has 0 unspecified atom stereocenters. The number of hydrogen-bond donors (Lipinski definition) is 0. The third-order valence-corrected chi connectivity index (χ3v) is 3.04. The molecule has 0 atom stereocenters. The van der Waals surface area contributed by atoms with Crippen molar-refractivity contribution in [3.05, 3.63) is 71.5 Å². The molecule has 0 N–H and O–H groups in total. The van der Waals surface area contributed by atoms with Gasteiger partial charge in [0.25, 0.3) is 0 Å². The van der Waals surface area contributed by atoms with E-state index in [4.69, 9.17) is 0 Å². The smallest absolute Gasteiger partial charge is 0.163 e. The molecule has 0 saturated carbocycles. The van der Waals surface area contributed by atoms with Crippen LogP contribution < -0.4 is 0 Å². The molecule has 0 spiro atoms. The predicted octanol–water partition coefficient (Wildman–Crippen LogP) is 3.60. The Labute approximate surface area is 117 Å². The van der Waals surface area contributed by atoms with Crippen LogP contribution in [-0.4, -0.2) is 11.6 Å². The van der Waals surface area contributed by atoms with Crippen molar-refractivity contribution in [1.82, 2.24) is 0 Å². The van der Waals surface area contributed by atoms with E-state index in [9.17, 15) is 14.0 Å². The monoisotopic (exact) mass is 270 g/mol. The highest BCUT2D eigenvalue weighted by Gasteiger charge is 2.10. The summed E-state index contributed by atoms with van der Waals surface area (Å²) in [6.07, 6.45) is 0.722. The number of carbonyl (C=O) groups is 2. The molecule has 0 aromatic heterocycles. The quantitative estimate of drug-likeness (QED) is 0.751. The molecule has 2 nitrogen and oxygen atoms in total. The van der Waals surface area contributed by atoms with Gasteiger partial charge in [-0.2, -0.15) is 0 Å². The van der Waals surface area contributed by atoms with Gasteiger partial charge in [-0.25, -0.2) is 4.39 Å². The number of rotatable bonds is 6. The highest BCUT2D eigenvalue weighted by molar-refractivity contribution is 5.98. The molecule has 0 aliphatic rings. The van der Waals surface area contributed by atoms with Crippen LogP contribution in [0.2, 0.25) is 0 Å². The predicted molar refractivity (Wildman–Crippen MR) is 75.1 cm³/mol. The largest absolute Gasteiger partial charge is 0.299 e. The number of benzene rings is 2. The van der Waals surface area contributed by atoms with Crippen LogP contribution in [0.15, 0.2) is 54.6 Å². The van der Waals surface area contributed by atoms with Crippen molar-refractivity contribution >= 4 is 11.6 Å². The van der Waals surface area contributed by atoms with Crippen molar-refractivity contribution in [2.45, 2.75) is 19.3 Å². The van der Waals surface area contributed by atoms with Crippen LogP contribution >= 0.6 is 0 Å². The van der Waals surface area contributed by atoms with Gasteiger partial charge in [-0.3, -0.25) is 9.59 Å². The molecule has 0 radical (unpaired) electrons. The minimum atomic E-state index is -0.373. The molecular weight excluding hydrogens is 255 g/mol. The Kier molecular flexibility index (Phi) is 4.77. The first-order valence-corrected chi connectivity index (χ1v) is 6.49. The summed E-state index contributed by atoms with van der Waals surface area (Å²) >= 11 is 0. The summed E-state index contributed by atoms with van der Waals surface area (Å²) in [5.41, 5.74) is 1.39. The fourth-order valence-corrected chi connectivity index (χ4v) is 1.94. The summed E-state index contributed by atoms with van der Waals surface area (Å²) in [5, 5.41) is 0. The Balaban J connectivity index is 1.84. The second-order valence-electron chi connectivity index (χ2n) is 4.63. The first-order valence-electron chi connectivity index (χ1n) is 6.49. The molecule has 0 heterocycles. The molecular formula is C17H15FO2. The standard InChI is InChI=1S/C17H15FO2/c18-15-8-6-14(7-9-15)17(20)11-10-16(19)12-13-4-2-1-3-5-13/h1-9H,10-12H2. The third-order valence-electron chi connectivity index (χ3n) is 3.04. The average molecular weight is 270 g/mol. The summed E-state index contributed by atoms with van der Waals surface area (Å²) in [7, 11) is 0. The maximum Gasteiger partial charge on any atom is 0.163 e. The van der Waals surface area contributed by atoms with E-state index in [1.807, 2.05) is 30.3 Å². The summed E-state index contributed by atoms with van der Waals surface area (Å²) in [6, 6.07) is 14.8. The van der Waals surface area contributed by atoms with E-state index < -0.39 is 0 Å². The first kappa shape index (κ1) is 14.1. The first-order chi connectivity index (χ1) is 9.65. The second kappa shape index (κ2) is 6.75. The number of ketones is 2. The minimum absolute atomic E-state index is 0.0339. The minimum Gasteiger partial charge on any atom is -0.299 e. The van der Waals surface area contributed by atoms with E-state index in [1.165, 1.54) is 24.3 Å². The van der Waals surface area contributed by atoms with Gasteiger partial charge in [0.1, 0.15) is 11.6 Å². The highest BCUT2D eigenvalue weighted by Crippen LogP contribution is 2.09. The van der Waals surface area contributed by atoms with Gasteiger partial charge in [-0.05, 0) is 29.8 Å². The van der Waals surface area contributed by atoms with Gasteiger partial charge in [0.2, 0.25) is 0 Å². The molecule has 102 valence electrons. The van der Waals surface area contributed by atoms with Gasteiger partial charge in [-0.15, -0.1) is 0 Å². The molecule has 0 fully saturated rings. The number of hydrogen-bond acceptors (Lipinski definition) is 2. The Hall–Kier alpha value is -2.29. The van der Waals surface area contributed by atoms with Crippen LogP contribution in [0, 0.1) is 5.82 Å². The van der Waals surface area contributed by atoms with Crippen molar-refractivity contribution in [1.29, 1.82) is 0 Å². The number of halogens is 1. The Morgan fingerprint density at radius 3 is 2.15 bits per heavy atom. The van der Waals surface area contributed by atoms with Crippen molar-refractivity contribution in [3.8, 4) is 0 Å². The van der Waals surface area contributed by atoms with E-state index in [2.05, 4.69) is 0 Å². The summed E-state index contributed by atoms with van der Waals surface area (Å²) in [4.78, 5) is 23.6. The normalized spacial score (nSPS) is 10.2. The molecule has 20 heavy (non-hydrogen) atoms. The zero-order valence-corrected chi connectivity index (χ0v) is 11.0. The Morgan fingerprint density at radius 2 is 1.50 bits per heavy atom. The summed E-state index contributed by atoms with van der Waals surface area (Å²) < 4.78 is 12.7. The molecule has 0 bridgehead atoms. The summed E-state index contributed by atoms with van der Waals surface area (Å²) in [6.45, 7) is 0. The van der Waals surface area contributed by atoms with Crippen molar-refractivity contribution in [2.24, 2.45) is 0 Å². The molecule has 3 heteroatoms. The van der Waals surface area contributed by atoms with Gasteiger partial charge in [0.15, 0.2) is 5.78 Å². The fraction of sp³-hybridized carbons (Fsp3) is 0.176. The van der Waals surface area contributed by atoms with Gasteiger partial charge in [0.05, 0.1) is 0 Å². The zero-order chi connectivity index (χ0) is 14.4. The van der Waals surface area contributed by atoms with Crippen LogP contribution in [0.3, 0.4) is 0 Å².